The molecule has 1 N–H and O–H groups in total. The van der Waals surface area contributed by atoms with Crippen LogP contribution in [0, 0.1) is 0 Å². The predicted molar refractivity (Wildman–Crippen MR) is 131 cm³/mol. The number of ether oxygens (including phenoxy) is 2. The molecule has 0 saturated heterocycles. The molecule has 0 fully saturated rings. The maximum Gasteiger partial charge on any atom is 0.243 e. The topological polar surface area (TPSA) is 67.9 Å². The number of hydrogen-bond acceptors (Lipinski definition) is 4. The summed E-state index contributed by atoms with van der Waals surface area (Å²) in [5, 5.41) is 3.64. The second-order valence-electron chi connectivity index (χ2n) is 8.11. The molecule has 0 spiro atoms. The molecule has 0 saturated carbocycles. The molecule has 2 amide bonds. The number of carbonyl (C=O) groups is 2. The van der Waals surface area contributed by atoms with Crippen LogP contribution in [0.1, 0.15) is 30.0 Å². The average molecular weight is 479 g/mol. The summed E-state index contributed by atoms with van der Waals surface area (Å²) >= 11 is 6.03. The smallest absolute Gasteiger partial charge is 0.243 e. The molecule has 3 aromatic carbocycles. The molecule has 34 heavy (non-hydrogen) atoms. The monoisotopic (exact) mass is 478 g/mol. The third kappa shape index (κ3) is 5.88. The van der Waals surface area contributed by atoms with Gasteiger partial charge in [0.1, 0.15) is 6.04 Å². The van der Waals surface area contributed by atoms with Crippen molar-refractivity contribution in [2.75, 3.05) is 6.79 Å². The Bertz CT molecular complexity index is 1140. The van der Waals surface area contributed by atoms with E-state index in [1.165, 1.54) is 0 Å². The van der Waals surface area contributed by atoms with Crippen LogP contribution < -0.4 is 14.8 Å². The Morgan fingerprint density at radius 3 is 2.38 bits per heavy atom. The van der Waals surface area contributed by atoms with Crippen molar-refractivity contribution in [1.82, 2.24) is 10.2 Å². The lowest BCUT2D eigenvalue weighted by atomic mass is 10.0. The fourth-order valence-electron chi connectivity index (χ4n) is 3.90. The van der Waals surface area contributed by atoms with Gasteiger partial charge < -0.3 is 19.7 Å². The van der Waals surface area contributed by atoms with Crippen molar-refractivity contribution in [3.8, 4) is 11.5 Å². The molecule has 1 atom stereocenters. The number of carbonyl (C=O) groups excluding carboxylic acids is 2. The Labute approximate surface area is 204 Å². The molecule has 0 aliphatic carbocycles. The summed E-state index contributed by atoms with van der Waals surface area (Å²) in [5.41, 5.74) is 2.78. The highest BCUT2D eigenvalue weighted by atomic mass is 35.5. The van der Waals surface area contributed by atoms with E-state index in [1.54, 1.807) is 24.0 Å². The molecule has 0 aromatic heterocycles. The van der Waals surface area contributed by atoms with E-state index in [1.807, 2.05) is 60.7 Å². The Balaban J connectivity index is 1.56. The number of nitrogens with zero attached hydrogens (tertiary/aromatic N) is 1. The van der Waals surface area contributed by atoms with Crippen molar-refractivity contribution in [2.24, 2.45) is 0 Å². The number of amides is 2. The van der Waals surface area contributed by atoms with E-state index >= 15 is 0 Å². The molecule has 0 bridgehead atoms. The summed E-state index contributed by atoms with van der Waals surface area (Å²) in [6.45, 7) is 2.64. The standard InChI is InChI=1S/C27H27ClN2O4/c1-2-26(31)30(17-20-8-11-22(28)12-9-20)23(14-19-6-4-3-5-7-19)27(32)29-16-21-10-13-24-25(15-21)34-18-33-24/h3-13,15,23H,2,14,16-18H2,1H3,(H,29,32)/t23-/m1/s1. The zero-order valence-corrected chi connectivity index (χ0v) is 19.8. The number of nitrogens with one attached hydrogen (secondary N) is 1. The summed E-state index contributed by atoms with van der Waals surface area (Å²) in [7, 11) is 0. The van der Waals surface area contributed by atoms with Crippen LogP contribution in [-0.4, -0.2) is 29.5 Å². The molecule has 7 heteroatoms. The van der Waals surface area contributed by atoms with Crippen LogP contribution in [0.3, 0.4) is 0 Å². The zero-order valence-electron chi connectivity index (χ0n) is 19.0. The zero-order chi connectivity index (χ0) is 23.9. The largest absolute Gasteiger partial charge is 0.454 e. The van der Waals surface area contributed by atoms with Gasteiger partial charge in [-0.05, 0) is 41.0 Å². The fourth-order valence-corrected chi connectivity index (χ4v) is 4.03. The van der Waals surface area contributed by atoms with Gasteiger partial charge in [-0.1, -0.05) is 67.1 Å². The first-order valence-electron chi connectivity index (χ1n) is 11.3. The SMILES string of the molecule is CCC(=O)N(Cc1ccc(Cl)cc1)[C@H](Cc1ccccc1)C(=O)NCc1ccc2c(c1)OCO2. The van der Waals surface area contributed by atoms with Crippen LogP contribution in [0.15, 0.2) is 72.8 Å². The van der Waals surface area contributed by atoms with E-state index < -0.39 is 6.04 Å². The normalized spacial score (nSPS) is 12.8. The molecular formula is C27H27ClN2O4. The molecule has 1 aliphatic heterocycles. The summed E-state index contributed by atoms with van der Waals surface area (Å²) in [6, 6.07) is 22.0. The molecule has 6 nitrogen and oxygen atoms in total. The quantitative estimate of drug-likeness (QED) is 0.482. The molecular weight excluding hydrogens is 452 g/mol. The summed E-state index contributed by atoms with van der Waals surface area (Å²) in [4.78, 5) is 28.1. The molecule has 4 rings (SSSR count). The van der Waals surface area contributed by atoms with E-state index in [4.69, 9.17) is 21.1 Å². The number of rotatable bonds is 9. The first-order valence-corrected chi connectivity index (χ1v) is 11.7. The highest BCUT2D eigenvalue weighted by molar-refractivity contribution is 6.30. The summed E-state index contributed by atoms with van der Waals surface area (Å²) in [6.07, 6.45) is 0.710. The van der Waals surface area contributed by atoms with Gasteiger partial charge >= 0.3 is 0 Å². The minimum atomic E-state index is -0.667. The lowest BCUT2D eigenvalue weighted by molar-refractivity contribution is -0.141. The van der Waals surface area contributed by atoms with Crippen LogP contribution >= 0.6 is 11.6 Å². The second-order valence-corrected chi connectivity index (χ2v) is 8.55. The first kappa shape index (κ1) is 23.6. The van der Waals surface area contributed by atoms with Crippen molar-refractivity contribution in [2.45, 2.75) is 38.9 Å². The molecule has 3 aromatic rings. The lowest BCUT2D eigenvalue weighted by Crippen LogP contribution is -2.50. The predicted octanol–water partition coefficient (Wildman–Crippen LogP) is 4.74. The van der Waals surface area contributed by atoms with Crippen molar-refractivity contribution < 1.29 is 19.1 Å². The highest BCUT2D eigenvalue weighted by Crippen LogP contribution is 2.32. The number of benzene rings is 3. The van der Waals surface area contributed by atoms with Crippen LogP contribution in [0.2, 0.25) is 5.02 Å². The van der Waals surface area contributed by atoms with Gasteiger partial charge in [-0.15, -0.1) is 0 Å². The number of hydrogen-bond donors (Lipinski definition) is 1. The minimum Gasteiger partial charge on any atom is -0.454 e. The van der Waals surface area contributed by atoms with Gasteiger partial charge in [0.05, 0.1) is 0 Å². The van der Waals surface area contributed by atoms with Crippen molar-refractivity contribution >= 4 is 23.4 Å². The van der Waals surface area contributed by atoms with Crippen molar-refractivity contribution in [1.29, 1.82) is 0 Å². The third-order valence-corrected chi connectivity index (χ3v) is 6.00. The second kappa shape index (κ2) is 11.1. The van der Waals surface area contributed by atoms with Crippen molar-refractivity contribution in [3.05, 3.63) is 94.5 Å². The Kier molecular flexibility index (Phi) is 7.70. The maximum absolute atomic E-state index is 13.5. The number of halogens is 1. The Hall–Kier alpha value is -3.51. The molecule has 1 aliphatic rings. The van der Waals surface area contributed by atoms with Gasteiger partial charge in [-0.25, -0.2) is 0 Å². The summed E-state index contributed by atoms with van der Waals surface area (Å²) in [5.74, 6) is 1.06. The van der Waals surface area contributed by atoms with Crippen LogP contribution in [0.4, 0.5) is 0 Å². The van der Waals surface area contributed by atoms with E-state index in [0.29, 0.717) is 42.5 Å². The Morgan fingerprint density at radius 1 is 0.941 bits per heavy atom. The van der Waals surface area contributed by atoms with Gasteiger partial charge in [0.15, 0.2) is 11.5 Å². The van der Waals surface area contributed by atoms with E-state index in [9.17, 15) is 9.59 Å². The van der Waals surface area contributed by atoms with Gasteiger partial charge in [0.25, 0.3) is 0 Å². The van der Waals surface area contributed by atoms with Gasteiger partial charge in [-0.2, -0.15) is 0 Å². The first-order chi connectivity index (χ1) is 16.5. The van der Waals surface area contributed by atoms with Crippen LogP contribution in [0.25, 0.3) is 0 Å². The molecule has 0 radical (unpaired) electrons. The fraction of sp³-hybridized carbons (Fsp3) is 0.259. The minimum absolute atomic E-state index is 0.0888. The maximum atomic E-state index is 13.5. The van der Waals surface area contributed by atoms with Gasteiger partial charge in [0, 0.05) is 31.0 Å². The third-order valence-electron chi connectivity index (χ3n) is 5.74. The Morgan fingerprint density at radius 2 is 1.65 bits per heavy atom. The molecule has 176 valence electrons. The highest BCUT2D eigenvalue weighted by Gasteiger charge is 2.29. The van der Waals surface area contributed by atoms with E-state index in [2.05, 4.69) is 5.32 Å². The van der Waals surface area contributed by atoms with E-state index in [-0.39, 0.29) is 18.6 Å². The van der Waals surface area contributed by atoms with Crippen molar-refractivity contribution in [3.63, 3.8) is 0 Å². The molecule has 0 unspecified atom stereocenters. The van der Waals surface area contributed by atoms with Gasteiger partial charge in [0.2, 0.25) is 18.6 Å². The lowest BCUT2D eigenvalue weighted by Gasteiger charge is -2.31. The van der Waals surface area contributed by atoms with Gasteiger partial charge in [-0.3, -0.25) is 9.59 Å². The van der Waals surface area contributed by atoms with Crippen LogP contribution in [0.5, 0.6) is 11.5 Å². The summed E-state index contributed by atoms with van der Waals surface area (Å²) < 4.78 is 10.8. The number of fused-ring (bicyclic) bond motifs is 1. The average Bonchev–Trinajstić information content (AvgIpc) is 3.34. The van der Waals surface area contributed by atoms with E-state index in [0.717, 1.165) is 16.7 Å². The van der Waals surface area contributed by atoms with Crippen LogP contribution in [-0.2, 0) is 29.1 Å². The molecule has 1 heterocycles.